The Morgan fingerprint density at radius 2 is 1.51 bits per heavy atom. The number of carbonyl (C=O) groups excluding carboxylic acids is 3. The van der Waals surface area contributed by atoms with Crippen LogP contribution in [0.5, 0.6) is 0 Å². The minimum atomic E-state index is -4.59. The van der Waals surface area contributed by atoms with Crippen molar-refractivity contribution in [3.63, 3.8) is 0 Å². The lowest BCUT2D eigenvalue weighted by molar-refractivity contribution is -0.137. The topological polar surface area (TPSA) is 69.7 Å². The van der Waals surface area contributed by atoms with Crippen LogP contribution < -0.4 is 10.2 Å². The zero-order chi connectivity index (χ0) is 28.5. The number of carbonyl (C=O) groups is 3. The van der Waals surface area contributed by atoms with E-state index in [1.54, 1.807) is 23.2 Å². The predicted molar refractivity (Wildman–Crippen MR) is 147 cm³/mol. The van der Waals surface area contributed by atoms with Gasteiger partial charge in [-0.3, -0.25) is 14.4 Å². The number of hydrogen-bond acceptors (Lipinski definition) is 4. The van der Waals surface area contributed by atoms with Crippen LogP contribution in [0.25, 0.3) is 16.8 Å². The fourth-order valence-electron chi connectivity index (χ4n) is 6.42. The molecule has 2 saturated heterocycles. The quantitative estimate of drug-likeness (QED) is 0.316. The van der Waals surface area contributed by atoms with Gasteiger partial charge in [-0.1, -0.05) is 60.7 Å². The molecule has 204 valence electrons. The zero-order valence-electron chi connectivity index (χ0n) is 21.4. The number of alkyl halides is 3. The molecule has 7 rings (SSSR count). The molecule has 1 N–H and O–H groups in total. The summed E-state index contributed by atoms with van der Waals surface area (Å²) in [5.41, 5.74) is 1.14. The summed E-state index contributed by atoms with van der Waals surface area (Å²) in [6, 6.07) is 23.0. The maximum absolute atomic E-state index is 14.1. The Kier molecular flexibility index (Phi) is 5.54. The van der Waals surface area contributed by atoms with Gasteiger partial charge >= 0.3 is 6.18 Å². The molecule has 0 aromatic heterocycles. The van der Waals surface area contributed by atoms with Gasteiger partial charge < -0.3 is 10.2 Å². The van der Waals surface area contributed by atoms with Crippen molar-refractivity contribution < 1.29 is 27.6 Å². The monoisotopic (exact) mass is 553 g/mol. The molecule has 3 heterocycles. The molecule has 3 aliphatic heterocycles. The maximum Gasteiger partial charge on any atom is 0.416 e. The normalized spacial score (nSPS) is 23.0. The molecule has 41 heavy (non-hydrogen) atoms. The van der Waals surface area contributed by atoms with Crippen molar-refractivity contribution in [3.8, 4) is 0 Å². The second kappa shape index (κ2) is 9.05. The first-order valence-corrected chi connectivity index (χ1v) is 13.1. The number of imide groups is 1. The Labute approximate surface area is 232 Å². The van der Waals surface area contributed by atoms with Gasteiger partial charge in [0.2, 0.25) is 17.7 Å². The first-order chi connectivity index (χ1) is 19.7. The van der Waals surface area contributed by atoms with E-state index in [0.29, 0.717) is 5.69 Å². The highest BCUT2D eigenvalue weighted by molar-refractivity contribution is 6.24. The van der Waals surface area contributed by atoms with Crippen LogP contribution in [0.1, 0.15) is 22.7 Å². The Morgan fingerprint density at radius 1 is 0.780 bits per heavy atom. The summed E-state index contributed by atoms with van der Waals surface area (Å²) in [4.78, 5) is 44.8. The highest BCUT2D eigenvalue weighted by Gasteiger charge is 2.64. The summed E-state index contributed by atoms with van der Waals surface area (Å²) in [6.45, 7) is 0. The molecule has 4 aromatic rings. The van der Waals surface area contributed by atoms with Crippen LogP contribution in [0, 0.1) is 11.8 Å². The van der Waals surface area contributed by atoms with E-state index in [0.717, 1.165) is 38.9 Å². The summed E-state index contributed by atoms with van der Waals surface area (Å²) < 4.78 is 40.0. The first kappa shape index (κ1) is 25.1. The Morgan fingerprint density at radius 3 is 2.32 bits per heavy atom. The number of nitrogens with zero attached hydrogens (tertiary/aromatic N) is 2. The lowest BCUT2D eigenvalue weighted by Gasteiger charge is -2.35. The second-order valence-electron chi connectivity index (χ2n) is 10.4. The number of nitrogens with one attached hydrogen (secondary N) is 1. The average Bonchev–Trinajstić information content (AvgIpc) is 3.44. The minimum absolute atomic E-state index is 0.0469. The number of benzene rings is 4. The van der Waals surface area contributed by atoms with E-state index in [-0.39, 0.29) is 5.69 Å². The van der Waals surface area contributed by atoms with Gasteiger partial charge in [0.15, 0.2) is 0 Å². The first-order valence-electron chi connectivity index (χ1n) is 13.1. The van der Waals surface area contributed by atoms with E-state index in [2.05, 4.69) is 5.32 Å². The van der Waals surface area contributed by atoms with Gasteiger partial charge in [-0.25, -0.2) is 4.90 Å². The molecule has 2 fully saturated rings. The molecule has 4 aromatic carbocycles. The fraction of sp³-hybridized carbons (Fsp3) is 0.156. The van der Waals surface area contributed by atoms with Crippen molar-refractivity contribution in [1.29, 1.82) is 0 Å². The Hall–Kier alpha value is -4.92. The average molecular weight is 554 g/mol. The summed E-state index contributed by atoms with van der Waals surface area (Å²) in [5, 5.41) is 4.39. The molecule has 0 bridgehead atoms. The number of anilines is 2. The Balaban J connectivity index is 1.30. The lowest BCUT2D eigenvalue weighted by Crippen LogP contribution is -2.46. The van der Waals surface area contributed by atoms with E-state index in [9.17, 15) is 27.6 Å². The van der Waals surface area contributed by atoms with Crippen molar-refractivity contribution >= 4 is 45.9 Å². The third kappa shape index (κ3) is 3.91. The van der Waals surface area contributed by atoms with Crippen LogP contribution >= 0.6 is 0 Å². The standard InChI is InChI=1S/C32H22F3N3O3/c33-32(34,35)21-9-5-10-22(17-21)36-29(39)28-26-25(27-24-11-4-3-7-19(24)14-15-37(27)28)30(40)38(31(26)41)23-13-12-18-6-1-2-8-20(18)16-23/h1-17,25-28H,(H,36,39)/t25-,26+,27-,28-/m0/s1. The molecule has 0 spiro atoms. The van der Waals surface area contributed by atoms with E-state index in [1.807, 2.05) is 60.7 Å². The van der Waals surface area contributed by atoms with Crippen LogP contribution in [0.3, 0.4) is 0 Å². The maximum atomic E-state index is 14.1. The van der Waals surface area contributed by atoms with Gasteiger partial charge in [-0.2, -0.15) is 13.2 Å². The molecule has 3 amide bonds. The molecule has 0 saturated carbocycles. The van der Waals surface area contributed by atoms with Crippen molar-refractivity contribution in [2.75, 3.05) is 10.2 Å². The van der Waals surface area contributed by atoms with Gasteiger partial charge in [-0.05, 0) is 58.3 Å². The molecule has 0 aliphatic carbocycles. The molecule has 4 atom stereocenters. The highest BCUT2D eigenvalue weighted by atomic mass is 19.4. The molecule has 0 radical (unpaired) electrons. The van der Waals surface area contributed by atoms with E-state index in [1.165, 1.54) is 12.1 Å². The molecule has 6 nitrogen and oxygen atoms in total. The number of fused-ring (bicyclic) bond motifs is 6. The molecule has 0 unspecified atom stereocenters. The number of rotatable bonds is 3. The summed E-state index contributed by atoms with van der Waals surface area (Å²) in [5.74, 6) is -3.49. The molecular weight excluding hydrogens is 531 g/mol. The van der Waals surface area contributed by atoms with Crippen LogP contribution in [0.15, 0.2) is 97.2 Å². The molecular formula is C32H22F3N3O3. The van der Waals surface area contributed by atoms with E-state index >= 15 is 0 Å². The fourth-order valence-corrected chi connectivity index (χ4v) is 6.42. The zero-order valence-corrected chi connectivity index (χ0v) is 21.4. The van der Waals surface area contributed by atoms with Crippen molar-refractivity contribution in [2.24, 2.45) is 11.8 Å². The van der Waals surface area contributed by atoms with Gasteiger partial charge in [0, 0.05) is 11.9 Å². The van der Waals surface area contributed by atoms with Crippen LogP contribution in [-0.2, 0) is 20.6 Å². The number of halogens is 3. The van der Waals surface area contributed by atoms with Gasteiger partial charge in [-0.15, -0.1) is 0 Å². The summed E-state index contributed by atoms with van der Waals surface area (Å²) in [7, 11) is 0. The van der Waals surface area contributed by atoms with Crippen molar-refractivity contribution in [1.82, 2.24) is 4.90 Å². The third-order valence-electron chi connectivity index (χ3n) is 8.18. The van der Waals surface area contributed by atoms with Crippen molar-refractivity contribution in [2.45, 2.75) is 18.3 Å². The smallest absolute Gasteiger partial charge is 0.357 e. The summed E-state index contributed by atoms with van der Waals surface area (Å²) >= 11 is 0. The van der Waals surface area contributed by atoms with Crippen LogP contribution in [-0.4, -0.2) is 28.7 Å². The SMILES string of the molecule is O=C(Nc1cccc(C(F)(F)F)c1)[C@@H]1[C@@H]2C(=O)N(c3ccc4ccccc4c3)C(=O)[C@@H]2[C@@H]2c3ccccc3C=CN12. The van der Waals surface area contributed by atoms with Crippen LogP contribution in [0.2, 0.25) is 0 Å². The summed E-state index contributed by atoms with van der Waals surface area (Å²) in [6.07, 6.45) is -1.08. The third-order valence-corrected chi connectivity index (χ3v) is 8.18. The van der Waals surface area contributed by atoms with Gasteiger partial charge in [0.25, 0.3) is 0 Å². The van der Waals surface area contributed by atoms with Crippen LogP contribution in [0.4, 0.5) is 24.5 Å². The highest BCUT2D eigenvalue weighted by Crippen LogP contribution is 2.53. The minimum Gasteiger partial charge on any atom is -0.357 e. The Bertz CT molecular complexity index is 1780. The predicted octanol–water partition coefficient (Wildman–Crippen LogP) is 6.01. The second-order valence-corrected chi connectivity index (χ2v) is 10.4. The molecule has 3 aliphatic rings. The van der Waals surface area contributed by atoms with E-state index in [4.69, 9.17) is 0 Å². The number of hydrogen-bond donors (Lipinski definition) is 1. The number of amides is 3. The van der Waals surface area contributed by atoms with Gasteiger partial charge in [0.05, 0.1) is 29.1 Å². The largest absolute Gasteiger partial charge is 0.416 e. The van der Waals surface area contributed by atoms with E-state index < -0.39 is 53.4 Å². The molecule has 9 heteroatoms. The lowest BCUT2D eigenvalue weighted by atomic mass is 9.84. The van der Waals surface area contributed by atoms with Crippen molar-refractivity contribution in [3.05, 3.63) is 114 Å². The van der Waals surface area contributed by atoms with Gasteiger partial charge in [0.1, 0.15) is 6.04 Å².